The Balaban J connectivity index is 1.56. The van der Waals surface area contributed by atoms with Crippen molar-refractivity contribution in [3.05, 3.63) is 58.7 Å². The van der Waals surface area contributed by atoms with E-state index in [2.05, 4.69) is 13.8 Å². The van der Waals surface area contributed by atoms with E-state index >= 15 is 17.6 Å². The van der Waals surface area contributed by atoms with Crippen molar-refractivity contribution >= 4 is 0 Å². The van der Waals surface area contributed by atoms with Crippen LogP contribution in [0.5, 0.6) is 0 Å². The zero-order valence-corrected chi connectivity index (χ0v) is 24.8. The van der Waals surface area contributed by atoms with Crippen LogP contribution in [0, 0.1) is 11.6 Å². The molecule has 0 radical (unpaired) electrons. The number of rotatable bonds is 19. The Morgan fingerprint density at radius 2 is 1.51 bits per heavy atom. The smallest absolute Gasteiger partial charge is 0.302 e. The molecule has 7 heteroatoms. The second-order valence-electron chi connectivity index (χ2n) is 11.3. The molecule has 0 fully saturated rings. The summed E-state index contributed by atoms with van der Waals surface area (Å²) < 4.78 is 86.0. The first-order valence-electron chi connectivity index (χ1n) is 15.6. The fourth-order valence-electron chi connectivity index (χ4n) is 5.48. The van der Waals surface area contributed by atoms with E-state index in [0.717, 1.165) is 70.1 Å². The summed E-state index contributed by atoms with van der Waals surface area (Å²) in [6.07, 6.45) is 8.19. The molecule has 0 saturated carbocycles. The molecule has 0 spiro atoms. The highest BCUT2D eigenvalue weighted by atomic mass is 19.3. The van der Waals surface area contributed by atoms with Crippen molar-refractivity contribution in [2.24, 2.45) is 0 Å². The average Bonchev–Trinajstić information content (AvgIpc) is 2.96. The monoisotopic (exact) mass is 582 g/mol. The predicted molar refractivity (Wildman–Crippen MR) is 155 cm³/mol. The van der Waals surface area contributed by atoms with Crippen molar-refractivity contribution < 1.29 is 31.4 Å². The predicted octanol–water partition coefficient (Wildman–Crippen LogP) is 10.3. The maximum Gasteiger partial charge on any atom is 0.302 e. The summed E-state index contributed by atoms with van der Waals surface area (Å²) in [5.74, 6) is -6.59. The molecule has 0 saturated heterocycles. The zero-order valence-electron chi connectivity index (χ0n) is 24.8. The van der Waals surface area contributed by atoms with Crippen LogP contribution in [0.25, 0.3) is 11.1 Å². The minimum Gasteiger partial charge on any atom is -0.381 e. The first-order valence-corrected chi connectivity index (χ1v) is 15.6. The molecule has 1 aliphatic rings. The molecule has 0 bridgehead atoms. The number of halogens is 5. The highest BCUT2D eigenvalue weighted by Crippen LogP contribution is 2.45. The van der Waals surface area contributed by atoms with Gasteiger partial charge in [-0.15, -0.1) is 0 Å². The topological polar surface area (TPSA) is 18.5 Å². The van der Waals surface area contributed by atoms with Crippen LogP contribution in [0.4, 0.5) is 22.0 Å². The van der Waals surface area contributed by atoms with Crippen molar-refractivity contribution in [1.29, 1.82) is 0 Å². The lowest BCUT2D eigenvalue weighted by atomic mass is 9.83. The van der Waals surface area contributed by atoms with Gasteiger partial charge in [-0.1, -0.05) is 83.1 Å². The maximum atomic E-state index is 15.3. The normalized spacial score (nSPS) is 17.0. The molecule has 0 aromatic heterocycles. The molecular formula is C34H47F5O2. The van der Waals surface area contributed by atoms with Crippen molar-refractivity contribution in [2.45, 2.75) is 122 Å². The summed E-state index contributed by atoms with van der Waals surface area (Å²) >= 11 is 0. The molecular weight excluding hydrogens is 535 g/mol. The molecule has 2 atom stereocenters. The van der Waals surface area contributed by atoms with Crippen LogP contribution in [0.3, 0.4) is 0 Å². The summed E-state index contributed by atoms with van der Waals surface area (Å²) in [5, 5.41) is 0. The number of ether oxygens (including phenoxy) is 2. The van der Waals surface area contributed by atoms with E-state index in [4.69, 9.17) is 9.47 Å². The van der Waals surface area contributed by atoms with Gasteiger partial charge in [0, 0.05) is 18.8 Å². The lowest BCUT2D eigenvalue weighted by Crippen LogP contribution is -2.40. The zero-order chi connectivity index (χ0) is 29.7. The van der Waals surface area contributed by atoms with Crippen LogP contribution >= 0.6 is 0 Å². The van der Waals surface area contributed by atoms with Gasteiger partial charge in [0.2, 0.25) is 0 Å². The summed E-state index contributed by atoms with van der Waals surface area (Å²) in [6.45, 7) is 5.34. The molecule has 2 aromatic carbocycles. The van der Waals surface area contributed by atoms with Gasteiger partial charge in [-0.2, -0.15) is 8.78 Å². The average molecular weight is 583 g/mol. The quantitative estimate of drug-likeness (QED) is 0.121. The van der Waals surface area contributed by atoms with Gasteiger partial charge in [0.05, 0.1) is 12.2 Å². The van der Waals surface area contributed by atoms with Crippen molar-refractivity contribution in [3.8, 4) is 11.1 Å². The number of alkyl halides is 3. The number of hydrogen-bond donors (Lipinski definition) is 0. The van der Waals surface area contributed by atoms with E-state index in [1.807, 2.05) is 12.1 Å². The first kappa shape index (κ1) is 33.5. The van der Waals surface area contributed by atoms with Crippen LogP contribution in [-0.2, 0) is 28.2 Å². The highest BCUT2D eigenvalue weighted by molar-refractivity contribution is 5.67. The van der Waals surface area contributed by atoms with Crippen LogP contribution in [0.2, 0.25) is 0 Å². The maximum absolute atomic E-state index is 15.3. The van der Waals surface area contributed by atoms with Crippen LogP contribution in [0.15, 0.2) is 30.3 Å². The third-order valence-corrected chi connectivity index (χ3v) is 7.96. The number of benzene rings is 2. The number of aryl methyl sites for hydroxylation is 2. The van der Waals surface area contributed by atoms with Crippen molar-refractivity contribution in [3.63, 3.8) is 0 Å². The van der Waals surface area contributed by atoms with Crippen LogP contribution in [0.1, 0.15) is 108 Å². The molecule has 230 valence electrons. The van der Waals surface area contributed by atoms with Gasteiger partial charge in [-0.25, -0.2) is 13.2 Å². The van der Waals surface area contributed by atoms with E-state index in [9.17, 15) is 4.39 Å². The Morgan fingerprint density at radius 3 is 2.22 bits per heavy atom. The van der Waals surface area contributed by atoms with E-state index in [1.165, 1.54) is 18.9 Å². The van der Waals surface area contributed by atoms with E-state index in [0.29, 0.717) is 12.0 Å². The SMILES string of the molecule is CCCCCCC(F)COC1CCc2cc(-c3ccc(CCCCCOCCCCC)cc3)c(F)c(F)c2C1(F)F. The largest absolute Gasteiger partial charge is 0.381 e. The van der Waals surface area contributed by atoms with Gasteiger partial charge in [-0.05, 0) is 67.7 Å². The number of unbranched alkanes of at least 4 members (excludes halogenated alkanes) is 7. The molecule has 41 heavy (non-hydrogen) atoms. The third kappa shape index (κ3) is 9.77. The molecule has 0 amide bonds. The van der Waals surface area contributed by atoms with Gasteiger partial charge in [0.25, 0.3) is 0 Å². The van der Waals surface area contributed by atoms with E-state index < -0.39 is 42.0 Å². The Kier molecular flexibility index (Phi) is 14.1. The summed E-state index contributed by atoms with van der Waals surface area (Å²) in [6, 6.07) is 8.51. The number of hydrogen-bond acceptors (Lipinski definition) is 2. The Morgan fingerprint density at radius 1 is 0.854 bits per heavy atom. The van der Waals surface area contributed by atoms with Crippen molar-refractivity contribution in [1.82, 2.24) is 0 Å². The molecule has 2 nitrogen and oxygen atoms in total. The second-order valence-corrected chi connectivity index (χ2v) is 11.3. The highest BCUT2D eigenvalue weighted by Gasteiger charge is 2.49. The Bertz CT molecular complexity index is 1040. The third-order valence-electron chi connectivity index (χ3n) is 7.96. The summed E-state index contributed by atoms with van der Waals surface area (Å²) in [5.41, 5.74) is 0.609. The van der Waals surface area contributed by atoms with Gasteiger partial charge in [-0.3, -0.25) is 0 Å². The Labute approximate surface area is 243 Å². The first-order chi connectivity index (χ1) is 19.8. The van der Waals surface area contributed by atoms with Gasteiger partial charge >= 0.3 is 5.92 Å². The van der Waals surface area contributed by atoms with Gasteiger partial charge < -0.3 is 9.47 Å². The van der Waals surface area contributed by atoms with Crippen molar-refractivity contribution in [2.75, 3.05) is 19.8 Å². The molecule has 2 unspecified atom stereocenters. The second kappa shape index (κ2) is 17.2. The van der Waals surface area contributed by atoms with E-state index in [-0.39, 0.29) is 30.4 Å². The molecule has 0 N–H and O–H groups in total. The standard InChI is InChI=1S/C34H47F5O2/c1-3-5-7-10-14-28(35)24-41-30-20-19-27-23-29(32(36)33(37)31(27)34(30,38)39)26-17-15-25(16-18-26)13-9-8-12-22-40-21-11-6-4-2/h15-18,23,28,30H,3-14,19-22,24H2,1-2H3. The molecule has 3 rings (SSSR count). The fraction of sp³-hybridized carbons (Fsp3) is 0.647. The van der Waals surface area contributed by atoms with Crippen LogP contribution < -0.4 is 0 Å². The Hall–Kier alpha value is -1.99. The minimum absolute atomic E-state index is 0.0286. The van der Waals surface area contributed by atoms with Gasteiger partial charge in [0.1, 0.15) is 12.3 Å². The summed E-state index contributed by atoms with van der Waals surface area (Å²) in [7, 11) is 0. The minimum atomic E-state index is -3.75. The fourth-order valence-corrected chi connectivity index (χ4v) is 5.48. The van der Waals surface area contributed by atoms with E-state index in [1.54, 1.807) is 12.1 Å². The number of fused-ring (bicyclic) bond motifs is 1. The molecule has 1 aliphatic carbocycles. The van der Waals surface area contributed by atoms with Gasteiger partial charge in [0.15, 0.2) is 11.6 Å². The molecule has 0 heterocycles. The van der Waals surface area contributed by atoms with Crippen LogP contribution in [-0.4, -0.2) is 32.1 Å². The molecule has 0 aliphatic heterocycles. The lowest BCUT2D eigenvalue weighted by molar-refractivity contribution is -0.160. The molecule has 2 aromatic rings. The lowest BCUT2D eigenvalue weighted by Gasteiger charge is -2.34. The summed E-state index contributed by atoms with van der Waals surface area (Å²) in [4.78, 5) is 0.